The minimum absolute atomic E-state index is 0. The highest BCUT2D eigenvalue weighted by atomic mass is 16.7. The molecule has 0 aromatic carbocycles. The molecule has 7 heteroatoms. The van der Waals surface area contributed by atoms with E-state index >= 15 is 0 Å². The first-order chi connectivity index (χ1) is 10.3. The summed E-state index contributed by atoms with van der Waals surface area (Å²) in [4.78, 5) is 49.6. The van der Waals surface area contributed by atoms with Gasteiger partial charge >= 0.3 is 5.97 Å². The van der Waals surface area contributed by atoms with E-state index in [0.29, 0.717) is 18.0 Å². The number of nitrogens with zero attached hydrogens (tertiary/aromatic N) is 1. The lowest BCUT2D eigenvalue weighted by molar-refractivity contribution is -0.201. The standard InChI is InChI=1S/C12H20N2O5.C3H8.H2/c1-4-11(17)14(9(3)15)19-12(18)8-6-7-10(16)13-5-2;1-3-2;/h4-8H2,1-3H3,(H,13,16);3H2,1-2H3;1H. The van der Waals surface area contributed by atoms with Crippen LogP contribution in [0.2, 0.25) is 0 Å². The van der Waals surface area contributed by atoms with Gasteiger partial charge in [-0.25, -0.2) is 4.79 Å². The van der Waals surface area contributed by atoms with Gasteiger partial charge in [0.1, 0.15) is 0 Å². The van der Waals surface area contributed by atoms with Crippen LogP contribution in [0.3, 0.4) is 0 Å². The molecule has 7 nitrogen and oxygen atoms in total. The average Bonchev–Trinajstić information content (AvgIpc) is 2.44. The summed E-state index contributed by atoms with van der Waals surface area (Å²) >= 11 is 0. The number of hydrogen-bond acceptors (Lipinski definition) is 5. The molecule has 0 unspecified atom stereocenters. The molecule has 0 rings (SSSR count). The monoisotopic (exact) mass is 318 g/mol. The number of rotatable bonds is 6. The average molecular weight is 318 g/mol. The van der Waals surface area contributed by atoms with Crippen molar-refractivity contribution < 1.29 is 25.4 Å². The van der Waals surface area contributed by atoms with E-state index in [2.05, 4.69) is 24.0 Å². The Morgan fingerprint density at radius 3 is 2.00 bits per heavy atom. The van der Waals surface area contributed by atoms with E-state index in [1.54, 1.807) is 13.8 Å². The zero-order chi connectivity index (χ0) is 17.5. The summed E-state index contributed by atoms with van der Waals surface area (Å²) in [6.45, 7) is 9.27. The molecule has 0 bridgehead atoms. The zero-order valence-electron chi connectivity index (χ0n) is 14.2. The summed E-state index contributed by atoms with van der Waals surface area (Å²) in [5.41, 5.74) is 0. The van der Waals surface area contributed by atoms with Gasteiger partial charge in [-0.05, 0) is 13.3 Å². The van der Waals surface area contributed by atoms with E-state index < -0.39 is 17.8 Å². The van der Waals surface area contributed by atoms with E-state index in [4.69, 9.17) is 0 Å². The molecule has 0 aliphatic carbocycles. The predicted octanol–water partition coefficient (Wildman–Crippen LogP) is 2.20. The lowest BCUT2D eigenvalue weighted by Crippen LogP contribution is -2.36. The Hall–Kier alpha value is -1.92. The maximum Gasteiger partial charge on any atom is 0.333 e. The van der Waals surface area contributed by atoms with Crippen LogP contribution in [0.15, 0.2) is 0 Å². The maximum absolute atomic E-state index is 11.4. The van der Waals surface area contributed by atoms with Crippen LogP contribution in [0.25, 0.3) is 0 Å². The molecule has 130 valence electrons. The van der Waals surface area contributed by atoms with Crippen molar-refractivity contribution in [3.05, 3.63) is 0 Å². The van der Waals surface area contributed by atoms with Crippen LogP contribution in [0.4, 0.5) is 0 Å². The van der Waals surface area contributed by atoms with Crippen molar-refractivity contribution in [3.8, 4) is 0 Å². The molecule has 0 aromatic rings. The van der Waals surface area contributed by atoms with Gasteiger partial charge < -0.3 is 10.2 Å². The molecule has 0 heterocycles. The van der Waals surface area contributed by atoms with Crippen LogP contribution in [-0.2, 0) is 24.0 Å². The van der Waals surface area contributed by atoms with Gasteiger partial charge in [0.05, 0.1) is 0 Å². The first-order valence-corrected chi connectivity index (χ1v) is 7.64. The van der Waals surface area contributed by atoms with Crippen LogP contribution in [0.1, 0.15) is 68.1 Å². The first kappa shape index (κ1) is 22.4. The van der Waals surface area contributed by atoms with E-state index in [0.717, 1.165) is 6.92 Å². The highest BCUT2D eigenvalue weighted by molar-refractivity contribution is 5.94. The molecule has 0 saturated heterocycles. The molecule has 22 heavy (non-hydrogen) atoms. The first-order valence-electron chi connectivity index (χ1n) is 7.64. The molecule has 0 aliphatic heterocycles. The fraction of sp³-hybridized carbons (Fsp3) is 0.733. The SMILES string of the molecule is CCC.CCNC(=O)CCCC(=O)ON(C(C)=O)C(=O)CC.[HH]. The van der Waals surface area contributed by atoms with E-state index in [9.17, 15) is 19.2 Å². The third-order valence-electron chi connectivity index (χ3n) is 2.17. The summed E-state index contributed by atoms with van der Waals surface area (Å²) in [5, 5.41) is 3.05. The highest BCUT2D eigenvalue weighted by Crippen LogP contribution is 2.03. The number of carbonyl (C=O) groups is 4. The minimum Gasteiger partial charge on any atom is -0.356 e. The van der Waals surface area contributed by atoms with Crippen molar-refractivity contribution in [3.63, 3.8) is 0 Å². The molecule has 0 spiro atoms. The highest BCUT2D eigenvalue weighted by Gasteiger charge is 2.21. The normalized spacial score (nSPS) is 9.14. The Bertz CT molecular complexity index is 375. The van der Waals surface area contributed by atoms with Gasteiger partial charge in [0.15, 0.2) is 0 Å². The Balaban J connectivity index is -0.000000920. The smallest absolute Gasteiger partial charge is 0.333 e. The third kappa shape index (κ3) is 11.9. The van der Waals surface area contributed by atoms with Gasteiger partial charge in [-0.3, -0.25) is 14.4 Å². The second-order valence-corrected chi connectivity index (χ2v) is 4.54. The molecule has 0 aliphatic rings. The molecule has 0 atom stereocenters. The van der Waals surface area contributed by atoms with Crippen LogP contribution < -0.4 is 5.32 Å². The fourth-order valence-electron chi connectivity index (χ4n) is 1.26. The Morgan fingerprint density at radius 1 is 1.05 bits per heavy atom. The fourth-order valence-corrected chi connectivity index (χ4v) is 1.26. The molecule has 0 fully saturated rings. The number of amides is 3. The Labute approximate surface area is 133 Å². The zero-order valence-corrected chi connectivity index (χ0v) is 14.2. The molecule has 1 N–H and O–H groups in total. The van der Waals surface area contributed by atoms with Crippen molar-refractivity contribution in [2.45, 2.75) is 66.7 Å². The number of imide groups is 1. The molecular weight excluding hydrogens is 288 g/mol. The second kappa shape index (κ2) is 14.0. The van der Waals surface area contributed by atoms with Crippen LogP contribution in [0, 0.1) is 0 Å². The van der Waals surface area contributed by atoms with Gasteiger partial charge in [-0.1, -0.05) is 27.2 Å². The number of hydroxylamine groups is 2. The Morgan fingerprint density at radius 2 is 1.59 bits per heavy atom. The summed E-state index contributed by atoms with van der Waals surface area (Å²) in [6.07, 6.45) is 1.78. The second-order valence-electron chi connectivity index (χ2n) is 4.54. The van der Waals surface area contributed by atoms with Crippen molar-refractivity contribution in [1.82, 2.24) is 10.4 Å². The molecular formula is C15H30N2O5. The topological polar surface area (TPSA) is 92.8 Å². The Kier molecular flexibility index (Phi) is 14.3. The molecule has 0 radical (unpaired) electrons. The quantitative estimate of drug-likeness (QED) is 0.758. The largest absolute Gasteiger partial charge is 0.356 e. The maximum atomic E-state index is 11.4. The summed E-state index contributed by atoms with van der Waals surface area (Å²) in [5.74, 6) is -2.09. The van der Waals surface area contributed by atoms with Gasteiger partial charge in [0.25, 0.3) is 11.8 Å². The van der Waals surface area contributed by atoms with Crippen molar-refractivity contribution in [1.29, 1.82) is 0 Å². The molecule has 0 saturated carbocycles. The predicted molar refractivity (Wildman–Crippen MR) is 84.5 cm³/mol. The molecule has 0 aromatic heterocycles. The van der Waals surface area contributed by atoms with Gasteiger partial charge in [0.2, 0.25) is 5.91 Å². The van der Waals surface area contributed by atoms with Gasteiger partial charge in [0, 0.05) is 34.2 Å². The van der Waals surface area contributed by atoms with Crippen LogP contribution in [-0.4, -0.2) is 35.3 Å². The van der Waals surface area contributed by atoms with Crippen molar-refractivity contribution in [2.75, 3.05) is 6.54 Å². The number of hydrogen-bond donors (Lipinski definition) is 1. The lowest BCUT2D eigenvalue weighted by Gasteiger charge is -2.16. The van der Waals surface area contributed by atoms with E-state index in [1.165, 1.54) is 6.42 Å². The third-order valence-corrected chi connectivity index (χ3v) is 2.17. The van der Waals surface area contributed by atoms with E-state index in [-0.39, 0.29) is 26.6 Å². The van der Waals surface area contributed by atoms with Crippen LogP contribution >= 0.6 is 0 Å². The van der Waals surface area contributed by atoms with E-state index in [1.807, 2.05) is 0 Å². The summed E-state index contributed by atoms with van der Waals surface area (Å²) in [6, 6.07) is 0. The van der Waals surface area contributed by atoms with Gasteiger partial charge in [-0.2, -0.15) is 0 Å². The van der Waals surface area contributed by atoms with Crippen LogP contribution in [0.5, 0.6) is 0 Å². The number of carbonyl (C=O) groups excluding carboxylic acids is 4. The lowest BCUT2D eigenvalue weighted by atomic mass is 10.2. The van der Waals surface area contributed by atoms with Crippen molar-refractivity contribution in [2.24, 2.45) is 0 Å². The summed E-state index contributed by atoms with van der Waals surface area (Å²) in [7, 11) is 0. The van der Waals surface area contributed by atoms with Crippen molar-refractivity contribution >= 4 is 23.7 Å². The number of nitrogens with one attached hydrogen (secondary N) is 1. The molecule has 3 amide bonds. The minimum atomic E-state index is -0.707. The summed E-state index contributed by atoms with van der Waals surface area (Å²) < 4.78 is 0. The van der Waals surface area contributed by atoms with Gasteiger partial charge in [-0.15, -0.1) is 5.06 Å².